The Balaban J connectivity index is 0.000000421. The quantitative estimate of drug-likeness (QED) is 0.600. The van der Waals surface area contributed by atoms with Crippen LogP contribution in [-0.2, 0) is 6.42 Å². The fraction of sp³-hybridized carbons (Fsp3) is 0.308. The molecule has 2 heteroatoms. The smallest absolute Gasteiger partial charge is 0.0396 e. The summed E-state index contributed by atoms with van der Waals surface area (Å²) in [5, 5.41) is 2.83. The lowest BCUT2D eigenvalue weighted by Crippen LogP contribution is -2.24. The molecular weight excluding hydrogens is 340 g/mol. The molecule has 0 radical (unpaired) electrons. The average molecular weight is 377 g/mol. The van der Waals surface area contributed by atoms with Crippen LogP contribution in [0.2, 0.25) is 0 Å². The highest BCUT2D eigenvalue weighted by molar-refractivity contribution is 5.72. The van der Waals surface area contributed by atoms with Crippen molar-refractivity contribution in [1.82, 2.24) is 5.32 Å². The first-order chi connectivity index (χ1) is 13.3. The van der Waals surface area contributed by atoms with E-state index in [2.05, 4.69) is 79.5 Å². The first kappa shape index (κ1) is 23.3. The van der Waals surface area contributed by atoms with Crippen LogP contribution in [0, 0.1) is 0 Å². The van der Waals surface area contributed by atoms with Crippen molar-refractivity contribution in [2.45, 2.75) is 33.6 Å². The first-order valence-electron chi connectivity index (χ1n) is 9.84. The van der Waals surface area contributed by atoms with Gasteiger partial charge in [0.05, 0.1) is 0 Å². The van der Waals surface area contributed by atoms with Crippen molar-refractivity contribution in [1.29, 1.82) is 0 Å². The van der Waals surface area contributed by atoms with E-state index in [9.17, 15) is 0 Å². The number of nitrogens with zero attached hydrogens (tertiary/aromatic N) is 1. The Hall–Kier alpha value is -2.74. The average Bonchev–Trinajstić information content (AvgIpc) is 2.69. The van der Waals surface area contributed by atoms with Gasteiger partial charge in [-0.25, -0.2) is 0 Å². The predicted molar refractivity (Wildman–Crippen MR) is 128 cm³/mol. The third kappa shape index (κ3) is 7.11. The molecule has 2 aromatic rings. The Labute approximate surface area is 172 Å². The first-order valence-corrected chi connectivity index (χ1v) is 9.84. The molecule has 1 heterocycles. The van der Waals surface area contributed by atoms with Crippen molar-refractivity contribution < 1.29 is 0 Å². The highest BCUT2D eigenvalue weighted by Crippen LogP contribution is 2.31. The molecule has 0 aliphatic carbocycles. The molecule has 0 unspecified atom stereocenters. The molecule has 1 N–H and O–H groups in total. The summed E-state index contributed by atoms with van der Waals surface area (Å²) in [5.41, 5.74) is 8.79. The molecule has 1 aliphatic heterocycles. The Morgan fingerprint density at radius 2 is 1.57 bits per heavy atom. The van der Waals surface area contributed by atoms with Crippen LogP contribution < -0.4 is 10.2 Å². The van der Waals surface area contributed by atoms with E-state index in [0.29, 0.717) is 0 Å². The van der Waals surface area contributed by atoms with E-state index in [0.717, 1.165) is 11.3 Å². The minimum atomic E-state index is 1.00. The normalized spacial score (nSPS) is 11.7. The topological polar surface area (TPSA) is 15.3 Å². The number of anilines is 1. The van der Waals surface area contributed by atoms with E-state index in [1.807, 2.05) is 27.8 Å². The maximum Gasteiger partial charge on any atom is 0.0396 e. The molecule has 1 aliphatic rings. The molecular formula is C26H36N2. The zero-order valence-corrected chi connectivity index (χ0v) is 18.3. The lowest BCUT2D eigenvalue weighted by atomic mass is 9.95. The summed E-state index contributed by atoms with van der Waals surface area (Å²) in [7, 11) is 4.03. The molecule has 150 valence electrons. The van der Waals surface area contributed by atoms with Crippen LogP contribution in [0.25, 0.3) is 16.7 Å². The number of aryl methyl sites for hydroxylation is 1. The van der Waals surface area contributed by atoms with Crippen LogP contribution >= 0.6 is 0 Å². The highest BCUT2D eigenvalue weighted by atomic mass is 15.1. The Kier molecular flexibility index (Phi) is 9.87. The van der Waals surface area contributed by atoms with E-state index in [1.165, 1.54) is 47.3 Å². The number of hydrogen-bond acceptors (Lipinski definition) is 2. The number of allylic oxidation sites excluding steroid dienone is 3. The molecule has 0 saturated heterocycles. The molecule has 0 saturated carbocycles. The Morgan fingerprint density at radius 3 is 2.07 bits per heavy atom. The Bertz CT molecular complexity index is 785. The highest BCUT2D eigenvalue weighted by Gasteiger charge is 2.14. The summed E-state index contributed by atoms with van der Waals surface area (Å²) in [6, 6.07) is 15.5. The lowest BCUT2D eigenvalue weighted by molar-refractivity contribution is 0.745. The minimum absolute atomic E-state index is 1.00. The summed E-state index contributed by atoms with van der Waals surface area (Å²) in [4.78, 5) is 2.35. The molecule has 2 aromatic carbocycles. The summed E-state index contributed by atoms with van der Waals surface area (Å²) in [6.45, 7) is 17.9. The Morgan fingerprint density at radius 1 is 1.04 bits per heavy atom. The van der Waals surface area contributed by atoms with Crippen LogP contribution in [0.15, 0.2) is 74.0 Å². The molecule has 0 amide bonds. The second-order valence-electron chi connectivity index (χ2n) is 7.16. The van der Waals surface area contributed by atoms with Gasteiger partial charge in [-0.05, 0) is 73.7 Å². The van der Waals surface area contributed by atoms with Crippen molar-refractivity contribution in [3.63, 3.8) is 0 Å². The third-order valence-corrected chi connectivity index (χ3v) is 4.57. The van der Waals surface area contributed by atoms with Gasteiger partial charge in [0, 0.05) is 26.3 Å². The van der Waals surface area contributed by atoms with Gasteiger partial charge in [0.15, 0.2) is 0 Å². The second kappa shape index (κ2) is 11.9. The van der Waals surface area contributed by atoms with Crippen LogP contribution in [0.5, 0.6) is 0 Å². The summed E-state index contributed by atoms with van der Waals surface area (Å²) >= 11 is 0. The van der Waals surface area contributed by atoms with Gasteiger partial charge >= 0.3 is 0 Å². The van der Waals surface area contributed by atoms with Gasteiger partial charge in [0.2, 0.25) is 0 Å². The fourth-order valence-electron chi connectivity index (χ4n) is 2.91. The van der Waals surface area contributed by atoms with E-state index in [-0.39, 0.29) is 0 Å². The number of benzene rings is 2. The van der Waals surface area contributed by atoms with Crippen molar-refractivity contribution in [3.8, 4) is 11.1 Å². The van der Waals surface area contributed by atoms with E-state index in [1.54, 1.807) is 6.08 Å². The second-order valence-corrected chi connectivity index (χ2v) is 7.16. The minimum Gasteiger partial charge on any atom is -0.392 e. The maximum absolute atomic E-state index is 3.99. The molecule has 0 bridgehead atoms. The third-order valence-electron chi connectivity index (χ3n) is 4.57. The van der Waals surface area contributed by atoms with E-state index in [4.69, 9.17) is 0 Å². The standard InChI is InChI=1S/C19H21N.C4H9N.C3H6/c1-14(2)15-6-8-16(9-7-15)17-10-11-19-18(13-17)5-4-12-20(19)3;1-4(2)5-3;1-3-2/h6-11,13H,1,4-5,12H2,2-3H3;5H,1H2,2-3H3;3H,1H2,2H3. The van der Waals surface area contributed by atoms with Crippen LogP contribution in [0.4, 0.5) is 5.69 Å². The molecule has 2 nitrogen and oxygen atoms in total. The monoisotopic (exact) mass is 376 g/mol. The predicted octanol–water partition coefficient (Wildman–Crippen LogP) is 6.70. The molecule has 28 heavy (non-hydrogen) atoms. The van der Waals surface area contributed by atoms with Crippen molar-refractivity contribution in [2.24, 2.45) is 0 Å². The van der Waals surface area contributed by atoms with Gasteiger partial charge in [-0.3, -0.25) is 0 Å². The van der Waals surface area contributed by atoms with Crippen LogP contribution in [0.1, 0.15) is 38.3 Å². The summed E-state index contributed by atoms with van der Waals surface area (Å²) < 4.78 is 0. The summed E-state index contributed by atoms with van der Waals surface area (Å²) in [6.07, 6.45) is 4.19. The fourth-order valence-corrected chi connectivity index (χ4v) is 2.91. The van der Waals surface area contributed by atoms with Crippen LogP contribution in [0.3, 0.4) is 0 Å². The molecule has 0 fully saturated rings. The van der Waals surface area contributed by atoms with Gasteiger partial charge < -0.3 is 10.2 Å². The lowest BCUT2D eigenvalue weighted by Gasteiger charge is -2.27. The zero-order valence-electron chi connectivity index (χ0n) is 18.3. The van der Waals surface area contributed by atoms with E-state index >= 15 is 0 Å². The number of rotatable bonds is 3. The van der Waals surface area contributed by atoms with Gasteiger partial charge in [-0.15, -0.1) is 6.58 Å². The molecule has 3 rings (SSSR count). The molecule has 0 spiro atoms. The van der Waals surface area contributed by atoms with Crippen LogP contribution in [-0.4, -0.2) is 20.6 Å². The van der Waals surface area contributed by atoms with Gasteiger partial charge in [0.1, 0.15) is 0 Å². The number of nitrogens with one attached hydrogen (secondary N) is 1. The van der Waals surface area contributed by atoms with Gasteiger partial charge in [0.25, 0.3) is 0 Å². The molecule has 0 atom stereocenters. The molecule has 0 aromatic heterocycles. The van der Waals surface area contributed by atoms with Crippen molar-refractivity contribution in [2.75, 3.05) is 25.5 Å². The van der Waals surface area contributed by atoms with E-state index < -0.39 is 0 Å². The summed E-state index contributed by atoms with van der Waals surface area (Å²) in [5.74, 6) is 0. The van der Waals surface area contributed by atoms with Gasteiger partial charge in [-0.1, -0.05) is 55.1 Å². The largest absolute Gasteiger partial charge is 0.392 e. The van der Waals surface area contributed by atoms with Crippen molar-refractivity contribution >= 4 is 11.3 Å². The number of fused-ring (bicyclic) bond motifs is 1. The SMILES string of the molecule is C=C(C)NC.C=C(C)c1ccc(-c2ccc3c(c2)CCCN3C)cc1.C=CC. The van der Waals surface area contributed by atoms with Gasteiger partial charge in [-0.2, -0.15) is 0 Å². The zero-order chi connectivity index (χ0) is 21.1. The maximum atomic E-state index is 3.99. The number of hydrogen-bond donors (Lipinski definition) is 1. The van der Waals surface area contributed by atoms with Crippen molar-refractivity contribution in [3.05, 3.63) is 85.1 Å².